The fourth-order valence-corrected chi connectivity index (χ4v) is 4.25. The third-order valence-electron chi connectivity index (χ3n) is 5.05. The smallest absolute Gasteiger partial charge is 0.175 e. The molecule has 0 aromatic heterocycles. The average molecular weight is 516 g/mol. The van der Waals surface area contributed by atoms with Crippen LogP contribution in [0.2, 0.25) is 5.02 Å². The molecule has 5 nitrogen and oxygen atoms in total. The maximum Gasteiger partial charge on any atom is 0.175 e. The molecular weight excluding hydrogens is 487 g/mol. The zero-order chi connectivity index (χ0) is 22.1. The Kier molecular flexibility index (Phi) is 9.87. The van der Waals surface area contributed by atoms with E-state index in [0.29, 0.717) is 28.7 Å². The Morgan fingerprint density at radius 3 is 2.77 bits per heavy atom. The van der Waals surface area contributed by atoms with Crippen LogP contribution in [0, 0.1) is 5.82 Å². The lowest BCUT2D eigenvalue weighted by atomic mass is 10.2. The van der Waals surface area contributed by atoms with Gasteiger partial charge in [-0.05, 0) is 72.2 Å². The molecule has 1 N–H and O–H groups in total. The number of nitrogens with one attached hydrogen (secondary N) is 1. The Morgan fingerprint density at radius 2 is 2.03 bits per heavy atom. The van der Waals surface area contributed by atoms with Crippen LogP contribution in [0.15, 0.2) is 34.8 Å². The molecule has 0 saturated carbocycles. The fourth-order valence-electron chi connectivity index (χ4n) is 3.43. The highest BCUT2D eigenvalue weighted by molar-refractivity contribution is 9.10. The van der Waals surface area contributed by atoms with Gasteiger partial charge in [-0.25, -0.2) is 4.39 Å². The quantitative estimate of drug-likeness (QED) is 0.425. The van der Waals surface area contributed by atoms with Crippen molar-refractivity contribution in [2.75, 3.05) is 46.0 Å². The van der Waals surface area contributed by atoms with E-state index in [9.17, 15) is 4.39 Å². The van der Waals surface area contributed by atoms with Gasteiger partial charge in [-0.2, -0.15) is 0 Å². The number of halogens is 3. The first-order valence-electron chi connectivity index (χ1n) is 10.6. The molecule has 1 aliphatic rings. The van der Waals surface area contributed by atoms with E-state index >= 15 is 0 Å². The SMILES string of the molecule is CCOc1cc(CNCCCN2CCOCC2)cc(Br)c1OCc1c(F)cccc1Cl. The second-order valence-electron chi connectivity index (χ2n) is 7.31. The highest BCUT2D eigenvalue weighted by Gasteiger charge is 2.15. The van der Waals surface area contributed by atoms with Crippen LogP contribution in [0.5, 0.6) is 11.5 Å². The van der Waals surface area contributed by atoms with Crippen molar-refractivity contribution in [2.24, 2.45) is 0 Å². The second-order valence-corrected chi connectivity index (χ2v) is 8.57. The number of hydrogen-bond donors (Lipinski definition) is 1. The Bertz CT molecular complexity index is 830. The van der Waals surface area contributed by atoms with Crippen LogP contribution in [-0.2, 0) is 17.9 Å². The van der Waals surface area contributed by atoms with Gasteiger partial charge in [0.05, 0.1) is 29.3 Å². The maximum absolute atomic E-state index is 14.1. The lowest BCUT2D eigenvalue weighted by Crippen LogP contribution is -2.37. The van der Waals surface area contributed by atoms with Gasteiger partial charge < -0.3 is 19.5 Å². The molecule has 2 aromatic carbocycles. The topological polar surface area (TPSA) is 43.0 Å². The zero-order valence-electron chi connectivity index (χ0n) is 17.8. The van der Waals surface area contributed by atoms with Crippen LogP contribution in [0.3, 0.4) is 0 Å². The molecule has 0 atom stereocenters. The maximum atomic E-state index is 14.1. The van der Waals surface area contributed by atoms with E-state index in [1.807, 2.05) is 19.1 Å². The molecule has 1 heterocycles. The number of hydrogen-bond acceptors (Lipinski definition) is 5. The molecule has 31 heavy (non-hydrogen) atoms. The monoisotopic (exact) mass is 514 g/mol. The summed E-state index contributed by atoms with van der Waals surface area (Å²) in [5.41, 5.74) is 1.41. The van der Waals surface area contributed by atoms with Crippen molar-refractivity contribution in [1.29, 1.82) is 0 Å². The van der Waals surface area contributed by atoms with Crippen LogP contribution >= 0.6 is 27.5 Å². The van der Waals surface area contributed by atoms with Crippen molar-refractivity contribution < 1.29 is 18.6 Å². The van der Waals surface area contributed by atoms with Crippen molar-refractivity contribution in [3.8, 4) is 11.5 Å². The van der Waals surface area contributed by atoms with Gasteiger partial charge in [-0.15, -0.1) is 0 Å². The van der Waals surface area contributed by atoms with Crippen molar-refractivity contribution in [3.63, 3.8) is 0 Å². The predicted molar refractivity (Wildman–Crippen MR) is 125 cm³/mol. The normalized spacial score (nSPS) is 14.6. The summed E-state index contributed by atoms with van der Waals surface area (Å²) in [6.07, 6.45) is 1.09. The van der Waals surface area contributed by atoms with E-state index in [1.54, 1.807) is 12.1 Å². The van der Waals surface area contributed by atoms with Gasteiger partial charge in [0.15, 0.2) is 11.5 Å². The molecule has 0 amide bonds. The molecule has 0 bridgehead atoms. The van der Waals surface area contributed by atoms with Crippen LogP contribution in [0.25, 0.3) is 0 Å². The highest BCUT2D eigenvalue weighted by atomic mass is 79.9. The molecule has 1 fully saturated rings. The molecule has 0 spiro atoms. The molecule has 0 unspecified atom stereocenters. The summed E-state index contributed by atoms with van der Waals surface area (Å²) in [4.78, 5) is 2.43. The fraction of sp³-hybridized carbons (Fsp3) is 0.478. The van der Waals surface area contributed by atoms with Crippen LogP contribution < -0.4 is 14.8 Å². The van der Waals surface area contributed by atoms with Gasteiger partial charge in [0.1, 0.15) is 12.4 Å². The van der Waals surface area contributed by atoms with Crippen LogP contribution in [0.1, 0.15) is 24.5 Å². The number of ether oxygens (including phenoxy) is 3. The van der Waals surface area contributed by atoms with E-state index in [2.05, 4.69) is 26.1 Å². The first kappa shape index (κ1) is 24.3. The molecule has 3 rings (SSSR count). The second kappa shape index (κ2) is 12.6. The van der Waals surface area contributed by atoms with Crippen molar-refractivity contribution in [3.05, 3.63) is 56.8 Å². The molecule has 1 aliphatic heterocycles. The van der Waals surface area contributed by atoms with Crippen molar-refractivity contribution in [1.82, 2.24) is 10.2 Å². The van der Waals surface area contributed by atoms with Gasteiger partial charge in [0, 0.05) is 25.2 Å². The van der Waals surface area contributed by atoms with E-state index in [0.717, 1.165) is 62.4 Å². The standard InChI is InChI=1S/C23H29BrClFN2O3/c1-2-30-22-14-17(15-27-7-4-8-28-9-11-29-12-10-28)13-19(24)23(22)31-16-18-20(25)5-3-6-21(18)26/h3,5-6,13-14,27H,2,4,7-12,15-16H2,1H3. The third-order valence-corrected chi connectivity index (χ3v) is 6.00. The zero-order valence-corrected chi connectivity index (χ0v) is 20.1. The van der Waals surface area contributed by atoms with Gasteiger partial charge in [0.2, 0.25) is 0 Å². The average Bonchev–Trinajstić information content (AvgIpc) is 2.75. The number of nitrogens with zero attached hydrogens (tertiary/aromatic N) is 1. The summed E-state index contributed by atoms with van der Waals surface area (Å²) >= 11 is 9.69. The van der Waals surface area contributed by atoms with E-state index < -0.39 is 0 Å². The van der Waals surface area contributed by atoms with Gasteiger partial charge >= 0.3 is 0 Å². The first-order chi connectivity index (χ1) is 15.1. The van der Waals surface area contributed by atoms with Crippen molar-refractivity contribution >= 4 is 27.5 Å². The lowest BCUT2D eigenvalue weighted by molar-refractivity contribution is 0.0374. The van der Waals surface area contributed by atoms with E-state index in [4.69, 9.17) is 25.8 Å². The third kappa shape index (κ3) is 7.32. The largest absolute Gasteiger partial charge is 0.490 e. The Balaban J connectivity index is 1.56. The van der Waals surface area contributed by atoms with Gasteiger partial charge in [0.25, 0.3) is 0 Å². The van der Waals surface area contributed by atoms with Gasteiger partial charge in [-0.1, -0.05) is 17.7 Å². The first-order valence-corrected chi connectivity index (χ1v) is 11.8. The van der Waals surface area contributed by atoms with Crippen molar-refractivity contribution in [2.45, 2.75) is 26.5 Å². The highest BCUT2D eigenvalue weighted by Crippen LogP contribution is 2.38. The summed E-state index contributed by atoms with van der Waals surface area (Å²) in [5, 5.41) is 3.83. The molecular formula is C23H29BrClFN2O3. The minimum atomic E-state index is -0.389. The summed E-state index contributed by atoms with van der Waals surface area (Å²) in [5.74, 6) is 0.770. The molecule has 8 heteroatoms. The van der Waals surface area contributed by atoms with Crippen LogP contribution in [-0.4, -0.2) is 50.9 Å². The summed E-state index contributed by atoms with van der Waals surface area (Å²) in [6.45, 7) is 8.87. The van der Waals surface area contributed by atoms with Gasteiger partial charge in [-0.3, -0.25) is 4.90 Å². The minimum Gasteiger partial charge on any atom is -0.490 e. The summed E-state index contributed by atoms with van der Waals surface area (Å²) < 4.78 is 31.9. The number of benzene rings is 2. The predicted octanol–water partition coefficient (Wildman–Crippen LogP) is 5.03. The summed E-state index contributed by atoms with van der Waals surface area (Å²) in [6, 6.07) is 8.55. The minimum absolute atomic E-state index is 0.0172. The Labute approximate surface area is 196 Å². The Hall–Kier alpha value is -1.38. The number of morpholine rings is 1. The molecule has 0 radical (unpaired) electrons. The molecule has 2 aromatic rings. The molecule has 0 aliphatic carbocycles. The Morgan fingerprint density at radius 1 is 1.23 bits per heavy atom. The lowest BCUT2D eigenvalue weighted by Gasteiger charge is -2.26. The molecule has 1 saturated heterocycles. The number of rotatable bonds is 11. The molecule has 170 valence electrons. The van der Waals surface area contributed by atoms with Crippen LogP contribution in [0.4, 0.5) is 4.39 Å². The summed E-state index contributed by atoms with van der Waals surface area (Å²) in [7, 11) is 0. The van der Waals surface area contributed by atoms with E-state index in [1.165, 1.54) is 6.07 Å². The van der Waals surface area contributed by atoms with E-state index in [-0.39, 0.29) is 12.4 Å².